The smallest absolute Gasteiger partial charge is 0.267 e. The fourth-order valence-electron chi connectivity index (χ4n) is 1.06. The molecule has 74 valence electrons. The predicted octanol–water partition coefficient (Wildman–Crippen LogP) is 2.39. The molecule has 0 N–H and O–H groups in total. The third kappa shape index (κ3) is 1.81. The van der Waals surface area contributed by atoms with Crippen LogP contribution in [-0.4, -0.2) is 12.6 Å². The molecule has 0 fully saturated rings. The molecule has 0 unspecified atom stereocenters. The topological polar surface area (TPSA) is 34.1 Å². The lowest BCUT2D eigenvalue weighted by atomic mass is 10.0. The van der Waals surface area contributed by atoms with Gasteiger partial charge in [-0.3, -0.25) is 9.59 Å². The maximum Gasteiger partial charge on any atom is 0.267 e. The van der Waals surface area contributed by atoms with Crippen LogP contribution in [0.4, 0.5) is 13.2 Å². The van der Waals surface area contributed by atoms with E-state index in [0.29, 0.717) is 6.07 Å². The monoisotopic (exact) mass is 202 g/mol. The van der Waals surface area contributed by atoms with Crippen LogP contribution >= 0.6 is 0 Å². The second-order valence-electron chi connectivity index (χ2n) is 2.54. The Bertz CT molecular complexity index is 375. The average molecular weight is 202 g/mol. The lowest BCUT2D eigenvalue weighted by Gasteiger charge is -2.05. The molecule has 1 aromatic carbocycles. The van der Waals surface area contributed by atoms with E-state index in [1.165, 1.54) is 0 Å². The number of alkyl halides is 2. The van der Waals surface area contributed by atoms with Crippen molar-refractivity contribution in [2.24, 2.45) is 0 Å². The summed E-state index contributed by atoms with van der Waals surface area (Å²) < 4.78 is 37.4. The molecule has 1 aromatic rings. The van der Waals surface area contributed by atoms with Crippen molar-refractivity contribution in [1.29, 1.82) is 0 Å². The van der Waals surface area contributed by atoms with Crippen molar-refractivity contribution in [2.75, 3.05) is 0 Å². The number of carbonyl (C=O) groups excluding carboxylic acids is 2. The quantitative estimate of drug-likeness (QED) is 0.705. The second-order valence-corrected chi connectivity index (χ2v) is 2.54. The normalized spacial score (nSPS) is 10.3. The zero-order chi connectivity index (χ0) is 10.7. The molecule has 0 atom stereocenters. The molecule has 0 heterocycles. The zero-order valence-electron chi connectivity index (χ0n) is 6.84. The van der Waals surface area contributed by atoms with Gasteiger partial charge < -0.3 is 0 Å². The highest BCUT2D eigenvalue weighted by Crippen LogP contribution is 2.25. The summed E-state index contributed by atoms with van der Waals surface area (Å²) in [5, 5.41) is 0. The maximum absolute atomic E-state index is 12.9. The van der Waals surface area contributed by atoms with Gasteiger partial charge >= 0.3 is 0 Å². The number of benzene rings is 1. The van der Waals surface area contributed by atoms with Gasteiger partial charge in [-0.05, 0) is 12.1 Å². The van der Waals surface area contributed by atoms with Crippen LogP contribution in [0.1, 0.15) is 32.7 Å². The molecule has 5 heteroatoms. The van der Waals surface area contributed by atoms with Crippen molar-refractivity contribution in [3.05, 3.63) is 34.6 Å². The van der Waals surface area contributed by atoms with E-state index in [2.05, 4.69) is 0 Å². The third-order valence-corrected chi connectivity index (χ3v) is 1.67. The van der Waals surface area contributed by atoms with Crippen LogP contribution in [0.2, 0.25) is 0 Å². The minimum atomic E-state index is -3.07. The molecule has 0 bridgehead atoms. The standard InChI is InChI=1S/C9H5F3O2/c10-7-2-5(3-13)1-6(4-14)8(7)9(11)12/h1-4,9H. The van der Waals surface area contributed by atoms with E-state index in [1.807, 2.05) is 0 Å². The lowest BCUT2D eigenvalue weighted by Crippen LogP contribution is -2.00. The summed E-state index contributed by atoms with van der Waals surface area (Å²) in [6, 6.07) is 1.59. The van der Waals surface area contributed by atoms with Crippen LogP contribution in [0.15, 0.2) is 12.1 Å². The van der Waals surface area contributed by atoms with Crippen molar-refractivity contribution in [3.8, 4) is 0 Å². The van der Waals surface area contributed by atoms with Crippen molar-refractivity contribution in [3.63, 3.8) is 0 Å². The molecule has 2 nitrogen and oxygen atoms in total. The number of carbonyl (C=O) groups is 2. The number of aldehydes is 2. The van der Waals surface area contributed by atoms with Crippen molar-refractivity contribution >= 4 is 12.6 Å². The van der Waals surface area contributed by atoms with E-state index >= 15 is 0 Å². The van der Waals surface area contributed by atoms with Crippen molar-refractivity contribution < 1.29 is 22.8 Å². The van der Waals surface area contributed by atoms with E-state index in [1.54, 1.807) is 0 Å². The molecular formula is C9H5F3O2. The molecule has 0 aromatic heterocycles. The first-order valence-corrected chi connectivity index (χ1v) is 3.62. The van der Waals surface area contributed by atoms with Gasteiger partial charge in [-0.1, -0.05) is 0 Å². The van der Waals surface area contributed by atoms with Gasteiger partial charge in [0.2, 0.25) is 0 Å². The number of rotatable bonds is 3. The highest BCUT2D eigenvalue weighted by Gasteiger charge is 2.18. The molecule has 0 aliphatic heterocycles. The van der Waals surface area contributed by atoms with E-state index in [-0.39, 0.29) is 18.1 Å². The van der Waals surface area contributed by atoms with Crippen LogP contribution in [0.5, 0.6) is 0 Å². The van der Waals surface area contributed by atoms with Crippen molar-refractivity contribution in [2.45, 2.75) is 6.43 Å². The van der Waals surface area contributed by atoms with Crippen LogP contribution in [0.25, 0.3) is 0 Å². The minimum absolute atomic E-state index is 0.0948. The zero-order valence-corrected chi connectivity index (χ0v) is 6.84. The molecule has 0 saturated carbocycles. The minimum Gasteiger partial charge on any atom is -0.298 e. The fourth-order valence-corrected chi connectivity index (χ4v) is 1.06. The molecule has 0 aliphatic carbocycles. The highest BCUT2D eigenvalue weighted by atomic mass is 19.3. The summed E-state index contributed by atoms with van der Waals surface area (Å²) in [5.41, 5.74) is -1.61. The SMILES string of the molecule is O=Cc1cc(F)c(C(F)F)c(C=O)c1. The first kappa shape index (κ1) is 10.4. The van der Waals surface area contributed by atoms with Crippen LogP contribution in [0, 0.1) is 5.82 Å². The molecular weight excluding hydrogens is 197 g/mol. The summed E-state index contributed by atoms with van der Waals surface area (Å²) in [7, 11) is 0. The van der Waals surface area contributed by atoms with E-state index in [9.17, 15) is 22.8 Å². The van der Waals surface area contributed by atoms with E-state index < -0.39 is 23.4 Å². The number of hydrogen-bond acceptors (Lipinski definition) is 2. The Kier molecular flexibility index (Phi) is 3.01. The second kappa shape index (κ2) is 4.04. The van der Waals surface area contributed by atoms with Gasteiger partial charge in [-0.2, -0.15) is 0 Å². The Morgan fingerprint density at radius 3 is 2.21 bits per heavy atom. The summed E-state index contributed by atoms with van der Waals surface area (Å²) in [5.74, 6) is -1.24. The Hall–Kier alpha value is -1.65. The van der Waals surface area contributed by atoms with Crippen LogP contribution in [-0.2, 0) is 0 Å². The first-order chi connectivity index (χ1) is 6.60. The molecule has 0 amide bonds. The molecule has 0 spiro atoms. The highest BCUT2D eigenvalue weighted by molar-refractivity contribution is 5.83. The molecule has 0 aliphatic rings. The number of hydrogen-bond donors (Lipinski definition) is 0. The maximum atomic E-state index is 12.9. The molecule has 14 heavy (non-hydrogen) atoms. The Morgan fingerprint density at radius 1 is 1.14 bits per heavy atom. The molecule has 0 radical (unpaired) electrons. The predicted molar refractivity (Wildman–Crippen MR) is 42.1 cm³/mol. The Labute approximate surface area is 77.3 Å². The number of halogens is 3. The van der Waals surface area contributed by atoms with Gasteiger partial charge in [-0.25, -0.2) is 13.2 Å². The summed E-state index contributed by atoms with van der Waals surface area (Å²) in [6.45, 7) is 0. The van der Waals surface area contributed by atoms with Gasteiger partial charge in [0.25, 0.3) is 6.43 Å². The van der Waals surface area contributed by atoms with E-state index in [4.69, 9.17) is 0 Å². The average Bonchev–Trinajstić information content (AvgIpc) is 2.15. The fraction of sp³-hybridized carbons (Fsp3) is 0.111. The van der Waals surface area contributed by atoms with Gasteiger partial charge in [0.1, 0.15) is 12.1 Å². The first-order valence-electron chi connectivity index (χ1n) is 3.62. The van der Waals surface area contributed by atoms with Crippen LogP contribution in [0.3, 0.4) is 0 Å². The van der Waals surface area contributed by atoms with E-state index in [0.717, 1.165) is 6.07 Å². The summed E-state index contributed by atoms with van der Waals surface area (Å²) >= 11 is 0. The Morgan fingerprint density at radius 2 is 1.79 bits per heavy atom. The molecule has 1 rings (SSSR count). The van der Waals surface area contributed by atoms with Gasteiger partial charge in [0.05, 0.1) is 5.56 Å². The lowest BCUT2D eigenvalue weighted by molar-refractivity contribution is 0.110. The largest absolute Gasteiger partial charge is 0.298 e. The molecule has 0 saturated heterocycles. The van der Waals surface area contributed by atoms with Crippen molar-refractivity contribution in [1.82, 2.24) is 0 Å². The van der Waals surface area contributed by atoms with Gasteiger partial charge in [-0.15, -0.1) is 0 Å². The van der Waals surface area contributed by atoms with Gasteiger partial charge in [0, 0.05) is 11.1 Å². The van der Waals surface area contributed by atoms with Gasteiger partial charge in [0.15, 0.2) is 6.29 Å². The third-order valence-electron chi connectivity index (χ3n) is 1.67. The Balaban J connectivity index is 3.41. The summed E-state index contributed by atoms with van der Waals surface area (Å²) in [6.07, 6.45) is -2.70. The van der Waals surface area contributed by atoms with Crippen LogP contribution < -0.4 is 0 Å². The summed E-state index contributed by atoms with van der Waals surface area (Å²) in [4.78, 5) is 20.6.